The normalized spacial score (nSPS) is 24.2. The second kappa shape index (κ2) is 13.7. The molecule has 0 amide bonds. The Balaban J connectivity index is 0.960. The van der Waals surface area contributed by atoms with Crippen molar-refractivity contribution in [2.45, 2.75) is 75.3 Å². The summed E-state index contributed by atoms with van der Waals surface area (Å²) in [6.07, 6.45) is 24.0. The SMILES string of the molecule is C/C1=C/C=C\C(c2ccccc2-c2ccc3sc4ccc(-n5c6ccccc6c6cc(-c7ccccc7C7=CC=CC89CCCC7(C8)N9)ccc65)cc4c3c2)CCCC1. The Bertz CT molecular complexity index is 3120. The molecule has 1 saturated carbocycles. The number of hydrogen-bond donors (Lipinski definition) is 1. The first-order valence-corrected chi connectivity index (χ1v) is 22.6. The number of fused-ring (bicyclic) bond motifs is 9. The summed E-state index contributed by atoms with van der Waals surface area (Å²) in [6, 6.07) is 48.6. The second-order valence-corrected chi connectivity index (χ2v) is 18.9. The summed E-state index contributed by atoms with van der Waals surface area (Å²) in [6.45, 7) is 2.26. The van der Waals surface area contributed by atoms with Crippen LogP contribution in [-0.2, 0) is 0 Å². The fourth-order valence-corrected chi connectivity index (χ4v) is 12.5. The Labute approximate surface area is 350 Å². The minimum absolute atomic E-state index is 0.0782. The smallest absolute Gasteiger partial charge is 0.0541 e. The average Bonchev–Trinajstić information content (AvgIpc) is 3.75. The summed E-state index contributed by atoms with van der Waals surface area (Å²) in [5, 5.41) is 9.30. The van der Waals surface area contributed by atoms with E-state index in [0.717, 1.165) is 0 Å². The highest BCUT2D eigenvalue weighted by Gasteiger charge is 2.58. The molecule has 3 fully saturated rings. The van der Waals surface area contributed by atoms with Crippen LogP contribution in [0.15, 0.2) is 169 Å². The summed E-state index contributed by atoms with van der Waals surface area (Å²) >= 11 is 1.90. The number of aromatic nitrogens is 1. The van der Waals surface area contributed by atoms with Gasteiger partial charge in [0.2, 0.25) is 0 Å². The molecular weight excluding hydrogens is 733 g/mol. The highest BCUT2D eigenvalue weighted by atomic mass is 32.1. The van der Waals surface area contributed by atoms with Gasteiger partial charge in [-0.25, -0.2) is 0 Å². The van der Waals surface area contributed by atoms with Crippen LogP contribution in [0.3, 0.4) is 0 Å². The first-order chi connectivity index (χ1) is 29.0. The summed E-state index contributed by atoms with van der Waals surface area (Å²) in [5.74, 6) is 0.409. The lowest BCUT2D eigenvalue weighted by atomic mass is 9.59. The van der Waals surface area contributed by atoms with Gasteiger partial charge in [0.05, 0.1) is 11.0 Å². The predicted molar refractivity (Wildman–Crippen MR) is 253 cm³/mol. The number of allylic oxidation sites excluding steroid dienone is 6. The average molecular weight is 781 g/mol. The van der Waals surface area contributed by atoms with Crippen LogP contribution in [0.5, 0.6) is 0 Å². The molecule has 288 valence electrons. The van der Waals surface area contributed by atoms with Gasteiger partial charge in [0.25, 0.3) is 0 Å². The highest BCUT2D eigenvalue weighted by molar-refractivity contribution is 7.25. The number of thiophene rings is 1. The van der Waals surface area contributed by atoms with E-state index in [1.807, 2.05) is 11.3 Å². The molecule has 8 aromatic rings. The van der Waals surface area contributed by atoms with Crippen molar-refractivity contribution in [3.05, 3.63) is 181 Å². The number of nitrogens with one attached hydrogen (secondary N) is 1. The monoisotopic (exact) mass is 780 g/mol. The van der Waals surface area contributed by atoms with Crippen molar-refractivity contribution < 1.29 is 0 Å². The molecule has 2 saturated heterocycles. The lowest BCUT2D eigenvalue weighted by molar-refractivity contribution is 0.0654. The molecule has 3 aliphatic carbocycles. The van der Waals surface area contributed by atoms with E-state index in [1.54, 1.807) is 0 Å². The van der Waals surface area contributed by atoms with E-state index in [1.165, 1.54) is 144 Å². The largest absolute Gasteiger partial charge is 0.309 e. The number of piperidine rings is 1. The van der Waals surface area contributed by atoms with Gasteiger partial charge in [0, 0.05) is 53.6 Å². The molecule has 2 bridgehead atoms. The maximum Gasteiger partial charge on any atom is 0.0541 e. The van der Waals surface area contributed by atoms with Crippen LogP contribution in [-0.4, -0.2) is 15.6 Å². The molecule has 3 aliphatic heterocycles. The number of hydrogen-bond acceptors (Lipinski definition) is 2. The molecule has 59 heavy (non-hydrogen) atoms. The van der Waals surface area contributed by atoms with E-state index in [-0.39, 0.29) is 11.1 Å². The van der Waals surface area contributed by atoms with Crippen LogP contribution in [0.2, 0.25) is 0 Å². The fraction of sp³-hybridized carbons (Fsp3) is 0.214. The van der Waals surface area contributed by atoms with Gasteiger partial charge in [0.1, 0.15) is 0 Å². The van der Waals surface area contributed by atoms with Crippen LogP contribution >= 0.6 is 11.3 Å². The first kappa shape index (κ1) is 35.2. The van der Waals surface area contributed by atoms with Gasteiger partial charge in [-0.3, -0.25) is 5.32 Å². The predicted octanol–water partition coefficient (Wildman–Crippen LogP) is 15.3. The first-order valence-electron chi connectivity index (χ1n) is 21.8. The summed E-state index contributed by atoms with van der Waals surface area (Å²) in [4.78, 5) is 0. The fourth-order valence-electron chi connectivity index (χ4n) is 11.4. The van der Waals surface area contributed by atoms with Gasteiger partial charge in [0.15, 0.2) is 0 Å². The molecule has 2 aromatic heterocycles. The maximum absolute atomic E-state index is 4.06. The third-order valence-electron chi connectivity index (χ3n) is 14.2. The molecule has 1 N–H and O–H groups in total. The number of nitrogens with zero attached hydrogens (tertiary/aromatic N) is 1. The number of para-hydroxylation sites is 1. The second-order valence-electron chi connectivity index (χ2n) is 17.8. The molecule has 14 rings (SSSR count). The van der Waals surface area contributed by atoms with Gasteiger partial charge in [-0.15, -0.1) is 11.3 Å². The molecule has 5 heterocycles. The maximum atomic E-state index is 4.06. The molecule has 3 atom stereocenters. The summed E-state index contributed by atoms with van der Waals surface area (Å²) in [5.41, 5.74) is 14.9. The molecule has 3 heteroatoms. The Morgan fingerprint density at radius 3 is 2.27 bits per heavy atom. The molecule has 0 spiro atoms. The van der Waals surface area contributed by atoms with E-state index in [4.69, 9.17) is 0 Å². The zero-order valence-electron chi connectivity index (χ0n) is 33.7. The number of rotatable bonds is 5. The Hall–Kier alpha value is -5.74. The Morgan fingerprint density at radius 2 is 1.36 bits per heavy atom. The quantitative estimate of drug-likeness (QED) is 0.184. The van der Waals surface area contributed by atoms with Crippen LogP contribution in [0.25, 0.3) is 75.5 Å². The van der Waals surface area contributed by atoms with Crippen LogP contribution < -0.4 is 5.32 Å². The van der Waals surface area contributed by atoms with Gasteiger partial charge in [-0.1, -0.05) is 127 Å². The van der Waals surface area contributed by atoms with Crippen molar-refractivity contribution in [2.24, 2.45) is 0 Å². The van der Waals surface area contributed by atoms with Crippen molar-refractivity contribution in [3.63, 3.8) is 0 Å². The molecule has 3 unspecified atom stereocenters. The molecule has 2 nitrogen and oxygen atoms in total. The van der Waals surface area contributed by atoms with Gasteiger partial charge in [-0.05, 0) is 139 Å². The van der Waals surface area contributed by atoms with Crippen LogP contribution in [0.4, 0.5) is 0 Å². The molecule has 0 radical (unpaired) electrons. The topological polar surface area (TPSA) is 17.0 Å². The van der Waals surface area contributed by atoms with E-state index in [2.05, 4.69) is 181 Å². The zero-order valence-corrected chi connectivity index (χ0v) is 34.5. The van der Waals surface area contributed by atoms with Gasteiger partial charge in [-0.2, -0.15) is 0 Å². The third-order valence-corrected chi connectivity index (χ3v) is 15.3. The van der Waals surface area contributed by atoms with E-state index in [0.29, 0.717) is 5.92 Å². The Kier molecular flexibility index (Phi) is 8.16. The minimum Gasteiger partial charge on any atom is -0.309 e. The molecule has 6 aliphatic rings. The van der Waals surface area contributed by atoms with Gasteiger partial charge >= 0.3 is 0 Å². The van der Waals surface area contributed by atoms with Crippen molar-refractivity contribution in [2.75, 3.05) is 0 Å². The van der Waals surface area contributed by atoms with Crippen molar-refractivity contribution in [3.8, 4) is 27.9 Å². The zero-order chi connectivity index (χ0) is 39.1. The van der Waals surface area contributed by atoms with Crippen molar-refractivity contribution >= 4 is 58.9 Å². The van der Waals surface area contributed by atoms with Crippen LogP contribution in [0.1, 0.15) is 75.3 Å². The van der Waals surface area contributed by atoms with Gasteiger partial charge < -0.3 is 4.57 Å². The molecular formula is C56H48N2S. The number of benzene rings is 6. The minimum atomic E-state index is 0.0782. The third kappa shape index (κ3) is 5.69. The standard InChI is InChI=1S/C56H48N2S/c1-37-13-2-3-15-38(16-10-14-37)42-17-4-5-18-43(42)40-25-28-53-48(34-40)49-35-41(26-29-54(49)59-53)58-51-23-9-8-21-46(51)47-33-39(24-27-52(47)58)44-19-6-7-20-45(44)50-22-11-30-55-31-12-32-56(50,36-55)57-55/h4-11,14,16-30,33-35,38,57H,2-3,12-13,15,31-32,36H2,1H3/b16-10-,37-14-. The van der Waals surface area contributed by atoms with E-state index in [9.17, 15) is 0 Å². The van der Waals surface area contributed by atoms with E-state index < -0.39 is 0 Å². The lowest BCUT2D eigenvalue weighted by Gasteiger charge is -2.61. The lowest BCUT2D eigenvalue weighted by Crippen LogP contribution is -2.73. The summed E-state index contributed by atoms with van der Waals surface area (Å²) < 4.78 is 5.15. The highest BCUT2D eigenvalue weighted by Crippen LogP contribution is 2.55. The van der Waals surface area contributed by atoms with E-state index >= 15 is 0 Å². The Morgan fingerprint density at radius 1 is 0.627 bits per heavy atom. The molecule has 6 aromatic carbocycles. The van der Waals surface area contributed by atoms with Crippen LogP contribution in [0, 0.1) is 0 Å². The summed E-state index contributed by atoms with van der Waals surface area (Å²) in [7, 11) is 0. The van der Waals surface area contributed by atoms with Crippen molar-refractivity contribution in [1.82, 2.24) is 9.88 Å². The van der Waals surface area contributed by atoms with Crippen molar-refractivity contribution in [1.29, 1.82) is 0 Å².